The molecule has 0 heterocycles. The number of ketones is 1. The lowest BCUT2D eigenvalue weighted by Crippen LogP contribution is -2.02. The van der Waals surface area contributed by atoms with Gasteiger partial charge in [-0.3, -0.25) is 4.79 Å². The minimum Gasteiger partial charge on any atom is -0.478 e. The minimum atomic E-state index is -1.03. The van der Waals surface area contributed by atoms with Crippen molar-refractivity contribution in [1.29, 1.82) is 0 Å². The maximum absolute atomic E-state index is 12.1. The lowest BCUT2D eigenvalue weighted by molar-refractivity contribution is -0.131. The standard InChI is InChI=1S/C16H18O3/c1-3-12(2)8-10-15(17)14-7-5-4-6-13(14)9-11-16(18)19/h4-7,9,11H,2-3,8,10H2,1H3,(H,18,19)/b11-9+. The largest absolute Gasteiger partial charge is 0.478 e. The van der Waals surface area contributed by atoms with E-state index in [9.17, 15) is 9.59 Å². The van der Waals surface area contributed by atoms with Gasteiger partial charge in [0.15, 0.2) is 5.78 Å². The van der Waals surface area contributed by atoms with Crippen LogP contribution in [0.4, 0.5) is 0 Å². The first-order valence-corrected chi connectivity index (χ1v) is 6.24. The van der Waals surface area contributed by atoms with Crippen molar-refractivity contribution in [3.63, 3.8) is 0 Å². The summed E-state index contributed by atoms with van der Waals surface area (Å²) in [5.41, 5.74) is 2.24. The number of benzene rings is 1. The van der Waals surface area contributed by atoms with E-state index in [0.717, 1.165) is 18.1 Å². The minimum absolute atomic E-state index is 0.0141. The van der Waals surface area contributed by atoms with Crippen LogP contribution in [0.2, 0.25) is 0 Å². The fraction of sp³-hybridized carbons (Fsp3) is 0.250. The Hall–Kier alpha value is -2.16. The van der Waals surface area contributed by atoms with E-state index in [2.05, 4.69) is 6.58 Å². The van der Waals surface area contributed by atoms with Gasteiger partial charge in [-0.1, -0.05) is 43.3 Å². The fourth-order valence-corrected chi connectivity index (χ4v) is 1.66. The summed E-state index contributed by atoms with van der Waals surface area (Å²) < 4.78 is 0. The molecule has 0 saturated heterocycles. The Morgan fingerprint density at radius 2 is 1.95 bits per heavy atom. The summed E-state index contributed by atoms with van der Waals surface area (Å²) >= 11 is 0. The number of hydrogen-bond donors (Lipinski definition) is 1. The van der Waals surface area contributed by atoms with Gasteiger partial charge in [0.25, 0.3) is 0 Å². The molecule has 0 atom stereocenters. The molecule has 0 aromatic heterocycles. The average molecular weight is 258 g/mol. The summed E-state index contributed by atoms with van der Waals surface area (Å²) in [5.74, 6) is -1.01. The lowest BCUT2D eigenvalue weighted by Gasteiger charge is -2.06. The third kappa shape index (κ3) is 4.92. The number of allylic oxidation sites excluding steroid dienone is 1. The molecule has 0 aliphatic carbocycles. The molecule has 0 aliphatic rings. The van der Waals surface area contributed by atoms with E-state index < -0.39 is 5.97 Å². The predicted octanol–water partition coefficient (Wildman–Crippen LogP) is 3.71. The Morgan fingerprint density at radius 3 is 2.58 bits per heavy atom. The smallest absolute Gasteiger partial charge is 0.328 e. The van der Waals surface area contributed by atoms with Crippen molar-refractivity contribution < 1.29 is 14.7 Å². The zero-order chi connectivity index (χ0) is 14.3. The molecule has 0 bridgehead atoms. The molecule has 0 spiro atoms. The monoisotopic (exact) mass is 258 g/mol. The van der Waals surface area contributed by atoms with Crippen LogP contribution in [-0.4, -0.2) is 16.9 Å². The van der Waals surface area contributed by atoms with Crippen LogP contribution < -0.4 is 0 Å². The Morgan fingerprint density at radius 1 is 1.26 bits per heavy atom. The highest BCUT2D eigenvalue weighted by molar-refractivity contribution is 6.00. The number of rotatable bonds is 7. The van der Waals surface area contributed by atoms with Crippen LogP contribution >= 0.6 is 0 Å². The van der Waals surface area contributed by atoms with Crippen molar-refractivity contribution in [3.8, 4) is 0 Å². The molecule has 0 radical (unpaired) electrons. The lowest BCUT2D eigenvalue weighted by atomic mass is 9.98. The molecule has 3 nitrogen and oxygen atoms in total. The highest BCUT2D eigenvalue weighted by atomic mass is 16.4. The van der Waals surface area contributed by atoms with E-state index >= 15 is 0 Å². The topological polar surface area (TPSA) is 54.4 Å². The Bertz CT molecular complexity index is 512. The van der Waals surface area contributed by atoms with Gasteiger partial charge in [0.1, 0.15) is 0 Å². The van der Waals surface area contributed by atoms with Gasteiger partial charge in [-0.25, -0.2) is 4.79 Å². The maximum Gasteiger partial charge on any atom is 0.328 e. The van der Waals surface area contributed by atoms with Crippen LogP contribution in [0.5, 0.6) is 0 Å². The van der Waals surface area contributed by atoms with Gasteiger partial charge in [-0.2, -0.15) is 0 Å². The predicted molar refractivity (Wildman–Crippen MR) is 76.1 cm³/mol. The van der Waals surface area contributed by atoms with Crippen LogP contribution in [0, 0.1) is 0 Å². The van der Waals surface area contributed by atoms with E-state index in [4.69, 9.17) is 5.11 Å². The number of carboxylic acid groups (broad SMARTS) is 1. The van der Waals surface area contributed by atoms with Gasteiger partial charge < -0.3 is 5.11 Å². The Balaban J connectivity index is 2.84. The molecule has 3 heteroatoms. The second-order valence-electron chi connectivity index (χ2n) is 4.29. The molecule has 1 N–H and O–H groups in total. The second kappa shape index (κ2) is 7.31. The molecular weight excluding hydrogens is 240 g/mol. The van der Waals surface area contributed by atoms with E-state index in [0.29, 0.717) is 24.0 Å². The Labute approximate surface area is 113 Å². The van der Waals surface area contributed by atoms with E-state index in [1.54, 1.807) is 24.3 Å². The van der Waals surface area contributed by atoms with Crippen LogP contribution in [-0.2, 0) is 4.79 Å². The molecule has 0 saturated carbocycles. The normalized spacial score (nSPS) is 10.6. The molecular formula is C16H18O3. The highest BCUT2D eigenvalue weighted by Crippen LogP contribution is 2.16. The van der Waals surface area contributed by atoms with Crippen LogP contribution in [0.1, 0.15) is 42.1 Å². The summed E-state index contributed by atoms with van der Waals surface area (Å²) in [6, 6.07) is 7.02. The molecule has 1 aromatic rings. The first-order chi connectivity index (χ1) is 9.04. The number of carboxylic acids is 1. The fourth-order valence-electron chi connectivity index (χ4n) is 1.66. The number of hydrogen-bond acceptors (Lipinski definition) is 2. The van der Waals surface area contributed by atoms with Gasteiger partial charge >= 0.3 is 5.97 Å². The van der Waals surface area contributed by atoms with Gasteiger partial charge in [0.2, 0.25) is 0 Å². The number of Topliss-reactive ketones (excluding diaryl/α,β-unsaturated/α-hetero) is 1. The number of carbonyl (C=O) groups excluding carboxylic acids is 1. The third-order valence-corrected chi connectivity index (χ3v) is 2.87. The molecule has 19 heavy (non-hydrogen) atoms. The van der Waals surface area contributed by atoms with E-state index in [1.165, 1.54) is 6.08 Å². The van der Waals surface area contributed by atoms with Crippen LogP contribution in [0.15, 0.2) is 42.5 Å². The van der Waals surface area contributed by atoms with Crippen molar-refractivity contribution in [2.45, 2.75) is 26.2 Å². The molecule has 0 fully saturated rings. The summed E-state index contributed by atoms with van der Waals surface area (Å²) in [4.78, 5) is 22.6. The van der Waals surface area contributed by atoms with Crippen molar-refractivity contribution >= 4 is 17.8 Å². The Kier molecular flexibility index (Phi) is 5.73. The first kappa shape index (κ1) is 14.9. The van der Waals surface area contributed by atoms with Gasteiger partial charge in [0, 0.05) is 18.1 Å². The third-order valence-electron chi connectivity index (χ3n) is 2.87. The van der Waals surface area contributed by atoms with E-state index in [1.807, 2.05) is 6.92 Å². The van der Waals surface area contributed by atoms with Crippen LogP contribution in [0.25, 0.3) is 6.08 Å². The molecule has 1 aromatic carbocycles. The van der Waals surface area contributed by atoms with E-state index in [-0.39, 0.29) is 5.78 Å². The molecule has 100 valence electrons. The molecule has 1 rings (SSSR count). The molecule has 0 unspecified atom stereocenters. The summed E-state index contributed by atoms with van der Waals surface area (Å²) in [6.45, 7) is 5.89. The van der Waals surface area contributed by atoms with Crippen molar-refractivity contribution in [1.82, 2.24) is 0 Å². The van der Waals surface area contributed by atoms with Crippen LogP contribution in [0.3, 0.4) is 0 Å². The summed E-state index contributed by atoms with van der Waals surface area (Å²) in [5, 5.41) is 8.63. The van der Waals surface area contributed by atoms with Crippen molar-refractivity contribution in [2.24, 2.45) is 0 Å². The number of carbonyl (C=O) groups is 2. The summed E-state index contributed by atoms with van der Waals surface area (Å²) in [6.07, 6.45) is 4.44. The quantitative estimate of drug-likeness (QED) is 0.461. The zero-order valence-corrected chi connectivity index (χ0v) is 11.1. The number of aliphatic carboxylic acids is 1. The molecule has 0 amide bonds. The highest BCUT2D eigenvalue weighted by Gasteiger charge is 2.09. The second-order valence-corrected chi connectivity index (χ2v) is 4.29. The first-order valence-electron chi connectivity index (χ1n) is 6.24. The van der Waals surface area contributed by atoms with Gasteiger partial charge in [-0.15, -0.1) is 0 Å². The molecule has 0 aliphatic heterocycles. The summed E-state index contributed by atoms with van der Waals surface area (Å²) in [7, 11) is 0. The average Bonchev–Trinajstić information content (AvgIpc) is 2.42. The maximum atomic E-state index is 12.1. The van der Waals surface area contributed by atoms with Gasteiger partial charge in [-0.05, 0) is 24.5 Å². The SMILES string of the molecule is C=C(CC)CCC(=O)c1ccccc1/C=C/C(=O)O. The van der Waals surface area contributed by atoms with Crippen molar-refractivity contribution in [3.05, 3.63) is 53.6 Å². The van der Waals surface area contributed by atoms with Gasteiger partial charge in [0.05, 0.1) is 0 Å². The van der Waals surface area contributed by atoms with Crippen molar-refractivity contribution in [2.75, 3.05) is 0 Å². The zero-order valence-electron chi connectivity index (χ0n) is 11.1.